The van der Waals surface area contributed by atoms with Crippen LogP contribution in [0.5, 0.6) is 0 Å². The summed E-state index contributed by atoms with van der Waals surface area (Å²) in [4.78, 5) is 25.1. The van der Waals surface area contributed by atoms with Gasteiger partial charge in [-0.05, 0) is 51.2 Å². The number of rotatable bonds is 4. The van der Waals surface area contributed by atoms with Crippen molar-refractivity contribution in [2.75, 3.05) is 20.6 Å². The Hall–Kier alpha value is -2.70. The van der Waals surface area contributed by atoms with Crippen LogP contribution in [0, 0.1) is 0 Å². The predicted octanol–water partition coefficient (Wildman–Crippen LogP) is 0.540. The summed E-state index contributed by atoms with van der Waals surface area (Å²) < 4.78 is 0. The maximum atomic E-state index is 8.93. The number of carboxylic acids is 2. The molecule has 2 aromatic rings. The molecule has 0 aromatic heterocycles. The smallest absolute Gasteiger partial charge is 0.0870 e. The van der Waals surface area contributed by atoms with Gasteiger partial charge in [0.2, 0.25) is 0 Å². The van der Waals surface area contributed by atoms with Gasteiger partial charge in [-0.15, -0.1) is 0 Å². The third-order valence-electron chi connectivity index (χ3n) is 4.21. The molecule has 1 heterocycles. The van der Waals surface area contributed by atoms with Crippen LogP contribution in [-0.2, 0) is 16.0 Å². The monoisotopic (exact) mass is 400 g/mol. The zero-order chi connectivity index (χ0) is 20.7. The summed E-state index contributed by atoms with van der Waals surface area (Å²) in [6.07, 6.45) is 2.10. The lowest BCUT2D eigenvalue weighted by Gasteiger charge is -2.25. The number of benzene rings is 2. The molecule has 2 aromatic carbocycles. The van der Waals surface area contributed by atoms with Crippen molar-refractivity contribution >= 4 is 29.3 Å². The van der Waals surface area contributed by atoms with E-state index in [1.54, 1.807) is 0 Å². The van der Waals surface area contributed by atoms with E-state index in [1.807, 2.05) is 18.2 Å². The molecule has 0 saturated heterocycles. The highest BCUT2D eigenvalue weighted by atomic mass is 35.5. The van der Waals surface area contributed by atoms with Crippen LogP contribution in [0.2, 0.25) is 5.02 Å². The first-order valence-corrected chi connectivity index (χ1v) is 9.14. The molecule has 1 atom stereocenters. The largest absolute Gasteiger partial charge is 0.543 e. The van der Waals surface area contributed by atoms with Crippen LogP contribution in [0.25, 0.3) is 0 Å². The summed E-state index contributed by atoms with van der Waals surface area (Å²) in [6, 6.07) is 16.9. The normalized spacial score (nSPS) is 15.1. The summed E-state index contributed by atoms with van der Waals surface area (Å²) in [5, 5.41) is 18.6. The maximum absolute atomic E-state index is 8.93. The highest BCUT2D eigenvalue weighted by Gasteiger charge is 2.21. The van der Waals surface area contributed by atoms with E-state index in [2.05, 4.69) is 49.3 Å². The molecule has 0 bridgehead atoms. The second kappa shape index (κ2) is 10.0. The second-order valence-electron chi connectivity index (χ2n) is 6.67. The number of hydrogen-bond acceptors (Lipinski definition) is 6. The minimum absolute atomic E-state index is 0.339. The average molecular weight is 401 g/mol. The Morgan fingerprint density at radius 3 is 2.39 bits per heavy atom. The van der Waals surface area contributed by atoms with Crippen molar-refractivity contribution in [3.63, 3.8) is 0 Å². The number of nitrogens with zero attached hydrogens (tertiary/aromatic N) is 2. The van der Waals surface area contributed by atoms with Gasteiger partial charge >= 0.3 is 0 Å². The van der Waals surface area contributed by atoms with Crippen molar-refractivity contribution in [2.24, 2.45) is 4.99 Å². The Morgan fingerprint density at radius 1 is 1.11 bits per heavy atom. The molecule has 0 aliphatic carbocycles. The van der Waals surface area contributed by atoms with E-state index >= 15 is 0 Å². The first kappa shape index (κ1) is 21.6. The summed E-state index contributed by atoms with van der Waals surface area (Å²) in [5.41, 5.74) is 4.81. The zero-order valence-corrected chi connectivity index (χ0v) is 16.5. The number of aliphatic imine (C=N–C) groups is 1. The van der Waals surface area contributed by atoms with E-state index in [9.17, 15) is 0 Å². The van der Waals surface area contributed by atoms with Crippen molar-refractivity contribution in [1.29, 1.82) is 0 Å². The van der Waals surface area contributed by atoms with Gasteiger partial charge in [0.1, 0.15) is 0 Å². The molecule has 0 saturated carbocycles. The van der Waals surface area contributed by atoms with E-state index < -0.39 is 11.9 Å². The Bertz CT molecular complexity index is 868. The Morgan fingerprint density at radius 2 is 1.79 bits per heavy atom. The predicted molar refractivity (Wildman–Crippen MR) is 104 cm³/mol. The first-order valence-electron chi connectivity index (χ1n) is 8.77. The molecule has 0 amide bonds. The molecule has 0 fully saturated rings. The highest BCUT2D eigenvalue weighted by Crippen LogP contribution is 2.26. The van der Waals surface area contributed by atoms with Crippen molar-refractivity contribution < 1.29 is 19.8 Å². The van der Waals surface area contributed by atoms with Crippen LogP contribution in [0.15, 0.2) is 53.5 Å². The lowest BCUT2D eigenvalue weighted by atomic mass is 9.89. The fourth-order valence-corrected chi connectivity index (χ4v) is 3.11. The van der Waals surface area contributed by atoms with Gasteiger partial charge in [0.15, 0.2) is 0 Å². The van der Waals surface area contributed by atoms with Gasteiger partial charge in [0.25, 0.3) is 0 Å². The quantitative estimate of drug-likeness (QED) is 0.698. The molecule has 28 heavy (non-hydrogen) atoms. The Labute approximate surface area is 169 Å². The topological polar surface area (TPSA) is 95.9 Å². The van der Waals surface area contributed by atoms with E-state index in [1.165, 1.54) is 11.1 Å². The number of carbonyl (C=O) groups is 2. The molecule has 1 aliphatic rings. The number of carbonyl (C=O) groups excluding carboxylic acids is 2. The van der Waals surface area contributed by atoms with Crippen LogP contribution in [0.1, 0.15) is 23.1 Å². The molecule has 0 N–H and O–H groups in total. The number of halogens is 1. The first-order chi connectivity index (χ1) is 13.3. The van der Waals surface area contributed by atoms with Crippen molar-refractivity contribution in [3.8, 4) is 0 Å². The third kappa shape index (κ3) is 6.18. The van der Waals surface area contributed by atoms with E-state index in [0.29, 0.717) is 6.04 Å². The lowest BCUT2D eigenvalue weighted by molar-refractivity contribution is -0.345. The van der Waals surface area contributed by atoms with Gasteiger partial charge < -0.3 is 24.7 Å². The second-order valence-corrected chi connectivity index (χ2v) is 7.11. The maximum Gasteiger partial charge on any atom is 0.0870 e. The molecule has 7 heteroatoms. The van der Waals surface area contributed by atoms with Crippen LogP contribution in [0.3, 0.4) is 0 Å². The molecule has 148 valence electrons. The van der Waals surface area contributed by atoms with Gasteiger partial charge in [-0.3, -0.25) is 4.99 Å². The number of aliphatic carboxylic acids is 2. The molecular formula is C21H21ClN2O4-2. The Kier molecular flexibility index (Phi) is 7.72. The molecule has 0 radical (unpaired) electrons. The fourth-order valence-electron chi connectivity index (χ4n) is 2.92. The number of fused-ring (bicyclic) bond motifs is 1. The fraction of sp³-hybridized carbons (Fsp3) is 0.286. The average Bonchev–Trinajstić information content (AvgIpc) is 2.66. The van der Waals surface area contributed by atoms with Gasteiger partial charge in [0, 0.05) is 16.1 Å². The summed E-state index contributed by atoms with van der Waals surface area (Å²) in [7, 11) is 4.22. The highest BCUT2D eigenvalue weighted by molar-refractivity contribution is 6.31. The number of hydrogen-bond donors (Lipinski definition) is 0. The zero-order valence-electron chi connectivity index (χ0n) is 15.7. The van der Waals surface area contributed by atoms with Gasteiger partial charge in [-0.2, -0.15) is 0 Å². The van der Waals surface area contributed by atoms with Crippen molar-refractivity contribution in [3.05, 3.63) is 70.2 Å². The Balaban J connectivity index is 0.000000409. The molecule has 0 spiro atoms. The molecule has 6 nitrogen and oxygen atoms in total. The van der Waals surface area contributed by atoms with E-state index in [-0.39, 0.29) is 0 Å². The number of carboxylic acid groups (broad SMARTS) is 2. The molecule has 3 rings (SSSR count). The van der Waals surface area contributed by atoms with Gasteiger partial charge in [0.05, 0.1) is 23.7 Å². The summed E-state index contributed by atoms with van der Waals surface area (Å²) in [5.74, 6) is -4.37. The van der Waals surface area contributed by atoms with Crippen LogP contribution >= 0.6 is 11.6 Å². The van der Waals surface area contributed by atoms with Gasteiger partial charge in [-0.25, -0.2) is 0 Å². The summed E-state index contributed by atoms with van der Waals surface area (Å²) >= 11 is 6.17. The van der Waals surface area contributed by atoms with E-state index in [0.717, 1.165) is 35.7 Å². The third-order valence-corrected chi connectivity index (χ3v) is 4.45. The van der Waals surface area contributed by atoms with Crippen LogP contribution < -0.4 is 10.2 Å². The van der Waals surface area contributed by atoms with Gasteiger partial charge in [-0.1, -0.05) is 48.0 Å². The van der Waals surface area contributed by atoms with Crippen molar-refractivity contribution in [1.82, 2.24) is 4.90 Å². The standard InChI is InChI=1S/C19H21ClN2.C2H2O4/c1-22(2)11-10-17-13-14-6-3-4-9-18(14)19(21-17)15-7-5-8-16(20)12-15;3-1(4)2(5)6/h3-9,12,17H,10-11,13H2,1-2H3;(H,3,4)(H,5,6)/p-2. The van der Waals surface area contributed by atoms with Crippen LogP contribution in [0.4, 0.5) is 0 Å². The molecular weight excluding hydrogens is 380 g/mol. The SMILES string of the molecule is CN(C)CCC1Cc2ccccc2C(c2cccc(Cl)c2)=N1.O=C([O-])C(=O)[O-]. The van der Waals surface area contributed by atoms with Crippen molar-refractivity contribution in [2.45, 2.75) is 18.9 Å². The minimum atomic E-state index is -2.19. The molecule has 1 unspecified atom stereocenters. The lowest BCUT2D eigenvalue weighted by Crippen LogP contribution is -2.42. The summed E-state index contributed by atoms with van der Waals surface area (Å²) in [6.45, 7) is 1.05. The van der Waals surface area contributed by atoms with Crippen LogP contribution in [-0.4, -0.2) is 49.2 Å². The minimum Gasteiger partial charge on any atom is -0.543 e. The molecule has 1 aliphatic heterocycles. The van der Waals surface area contributed by atoms with E-state index in [4.69, 9.17) is 36.4 Å².